The Labute approximate surface area is 101 Å². The van der Waals surface area contributed by atoms with Crippen molar-refractivity contribution in [1.82, 2.24) is 5.43 Å². The fraction of sp³-hybridized carbons (Fsp3) is 1.00. The van der Waals surface area contributed by atoms with Crippen molar-refractivity contribution in [2.75, 3.05) is 13.7 Å². The topological polar surface area (TPSA) is 47.3 Å². The van der Waals surface area contributed by atoms with Crippen LogP contribution in [0.25, 0.3) is 0 Å². The number of hydrogen-bond acceptors (Lipinski definition) is 3. The zero-order valence-corrected chi connectivity index (χ0v) is 11.1. The molecule has 0 fully saturated rings. The van der Waals surface area contributed by atoms with Crippen LogP contribution in [-0.4, -0.2) is 19.8 Å². The van der Waals surface area contributed by atoms with Gasteiger partial charge in [-0.05, 0) is 6.42 Å². The summed E-state index contributed by atoms with van der Waals surface area (Å²) in [6.45, 7) is 2.97. The summed E-state index contributed by atoms with van der Waals surface area (Å²) in [7, 11) is 1.72. The second-order valence-corrected chi connectivity index (χ2v) is 4.58. The van der Waals surface area contributed by atoms with Gasteiger partial charge in [-0.2, -0.15) is 0 Å². The van der Waals surface area contributed by atoms with Gasteiger partial charge >= 0.3 is 0 Å². The standard InChI is InChI=1S/C13H30N2O/c1-3-4-5-6-7-8-9-10-11-13(15-14)12-16-2/h13,15H,3-12,14H2,1-2H3. The van der Waals surface area contributed by atoms with Gasteiger partial charge in [0, 0.05) is 13.2 Å². The number of nitrogens with two attached hydrogens (primary N) is 1. The van der Waals surface area contributed by atoms with Gasteiger partial charge in [0.05, 0.1) is 6.61 Å². The summed E-state index contributed by atoms with van der Waals surface area (Å²) >= 11 is 0. The van der Waals surface area contributed by atoms with Crippen LogP contribution in [-0.2, 0) is 4.74 Å². The molecule has 3 heteroatoms. The maximum Gasteiger partial charge on any atom is 0.0629 e. The molecule has 0 aromatic carbocycles. The lowest BCUT2D eigenvalue weighted by atomic mass is 10.1. The van der Waals surface area contributed by atoms with Gasteiger partial charge < -0.3 is 4.74 Å². The van der Waals surface area contributed by atoms with Crippen LogP contribution in [0.15, 0.2) is 0 Å². The Balaban J connectivity index is 3.12. The van der Waals surface area contributed by atoms with E-state index in [0.717, 1.165) is 6.42 Å². The fourth-order valence-electron chi connectivity index (χ4n) is 1.94. The maximum atomic E-state index is 5.42. The minimum Gasteiger partial charge on any atom is -0.383 e. The highest BCUT2D eigenvalue weighted by molar-refractivity contribution is 4.62. The first-order chi connectivity index (χ1) is 7.85. The molecular weight excluding hydrogens is 200 g/mol. The minimum absolute atomic E-state index is 0.324. The number of nitrogens with one attached hydrogen (secondary N) is 1. The monoisotopic (exact) mass is 230 g/mol. The lowest BCUT2D eigenvalue weighted by Crippen LogP contribution is -2.38. The van der Waals surface area contributed by atoms with Crippen LogP contribution in [0.4, 0.5) is 0 Å². The van der Waals surface area contributed by atoms with Gasteiger partial charge in [-0.1, -0.05) is 58.3 Å². The quantitative estimate of drug-likeness (QED) is 0.308. The third-order valence-electron chi connectivity index (χ3n) is 3.01. The smallest absolute Gasteiger partial charge is 0.0629 e. The first-order valence-electron chi connectivity index (χ1n) is 6.80. The Kier molecular flexibility index (Phi) is 12.9. The molecule has 0 bridgehead atoms. The second-order valence-electron chi connectivity index (χ2n) is 4.58. The van der Waals surface area contributed by atoms with Gasteiger partial charge in [0.15, 0.2) is 0 Å². The molecule has 0 heterocycles. The van der Waals surface area contributed by atoms with Crippen LogP contribution < -0.4 is 11.3 Å². The Morgan fingerprint density at radius 3 is 2.06 bits per heavy atom. The SMILES string of the molecule is CCCCCCCCCCC(COC)NN. The van der Waals surface area contributed by atoms with E-state index in [4.69, 9.17) is 10.6 Å². The number of hydrogen-bond donors (Lipinski definition) is 2. The fourth-order valence-corrected chi connectivity index (χ4v) is 1.94. The van der Waals surface area contributed by atoms with Crippen molar-refractivity contribution in [3.8, 4) is 0 Å². The molecule has 3 N–H and O–H groups in total. The third-order valence-corrected chi connectivity index (χ3v) is 3.01. The molecule has 0 saturated carbocycles. The minimum atomic E-state index is 0.324. The summed E-state index contributed by atoms with van der Waals surface area (Å²) in [5.74, 6) is 5.42. The van der Waals surface area contributed by atoms with Crippen LogP contribution in [0, 0.1) is 0 Å². The van der Waals surface area contributed by atoms with Crippen molar-refractivity contribution in [2.24, 2.45) is 5.84 Å². The molecule has 0 spiro atoms. The molecule has 98 valence electrons. The number of ether oxygens (including phenoxy) is 1. The molecule has 3 nitrogen and oxygen atoms in total. The highest BCUT2D eigenvalue weighted by atomic mass is 16.5. The molecule has 0 radical (unpaired) electrons. The summed E-state index contributed by atoms with van der Waals surface area (Å²) in [4.78, 5) is 0. The average Bonchev–Trinajstić information content (AvgIpc) is 2.31. The lowest BCUT2D eigenvalue weighted by Gasteiger charge is -2.14. The summed E-state index contributed by atoms with van der Waals surface area (Å²) < 4.78 is 5.07. The first-order valence-corrected chi connectivity index (χ1v) is 6.80. The molecule has 0 aromatic heterocycles. The normalized spacial score (nSPS) is 12.9. The number of hydrazine groups is 1. The third kappa shape index (κ3) is 10.4. The Morgan fingerprint density at radius 2 is 1.56 bits per heavy atom. The molecule has 0 aliphatic heterocycles. The maximum absolute atomic E-state index is 5.42. The summed E-state index contributed by atoms with van der Waals surface area (Å²) in [6, 6.07) is 0.324. The van der Waals surface area contributed by atoms with E-state index in [-0.39, 0.29) is 0 Å². The van der Waals surface area contributed by atoms with Crippen LogP contribution in [0.2, 0.25) is 0 Å². The van der Waals surface area contributed by atoms with E-state index in [2.05, 4.69) is 12.3 Å². The molecule has 0 aliphatic rings. The van der Waals surface area contributed by atoms with Gasteiger partial charge in [-0.25, -0.2) is 0 Å². The Morgan fingerprint density at radius 1 is 1.00 bits per heavy atom. The summed E-state index contributed by atoms with van der Waals surface area (Å²) in [6.07, 6.45) is 12.0. The average molecular weight is 230 g/mol. The molecule has 1 unspecified atom stereocenters. The molecule has 16 heavy (non-hydrogen) atoms. The molecule has 0 saturated heterocycles. The van der Waals surface area contributed by atoms with Crippen molar-refractivity contribution < 1.29 is 4.74 Å². The second kappa shape index (κ2) is 12.9. The van der Waals surface area contributed by atoms with Crippen molar-refractivity contribution in [3.63, 3.8) is 0 Å². The zero-order valence-electron chi connectivity index (χ0n) is 11.1. The Hall–Kier alpha value is -0.120. The molecular formula is C13H30N2O. The van der Waals surface area contributed by atoms with Gasteiger partial charge in [-0.15, -0.1) is 0 Å². The van der Waals surface area contributed by atoms with Crippen molar-refractivity contribution in [3.05, 3.63) is 0 Å². The van der Waals surface area contributed by atoms with E-state index in [1.807, 2.05) is 0 Å². The number of rotatable bonds is 12. The van der Waals surface area contributed by atoms with E-state index in [1.54, 1.807) is 7.11 Å². The Bertz CT molecular complexity index is 131. The van der Waals surface area contributed by atoms with Gasteiger partial charge in [0.2, 0.25) is 0 Å². The molecule has 0 rings (SSSR count). The highest BCUT2D eigenvalue weighted by Gasteiger charge is 2.04. The van der Waals surface area contributed by atoms with Crippen molar-refractivity contribution in [2.45, 2.75) is 70.8 Å². The van der Waals surface area contributed by atoms with Crippen molar-refractivity contribution >= 4 is 0 Å². The number of unbranched alkanes of at least 4 members (excludes halogenated alkanes) is 7. The predicted octanol–water partition coefficient (Wildman–Crippen LogP) is 3.00. The molecule has 0 aromatic rings. The highest BCUT2D eigenvalue weighted by Crippen LogP contribution is 2.10. The van der Waals surface area contributed by atoms with E-state index < -0.39 is 0 Å². The molecule has 0 amide bonds. The van der Waals surface area contributed by atoms with Crippen molar-refractivity contribution in [1.29, 1.82) is 0 Å². The number of methoxy groups -OCH3 is 1. The van der Waals surface area contributed by atoms with Gasteiger partial charge in [0.1, 0.15) is 0 Å². The van der Waals surface area contributed by atoms with E-state index in [0.29, 0.717) is 12.6 Å². The van der Waals surface area contributed by atoms with E-state index in [9.17, 15) is 0 Å². The van der Waals surface area contributed by atoms with Gasteiger partial charge in [0.25, 0.3) is 0 Å². The van der Waals surface area contributed by atoms with Crippen LogP contribution in [0.3, 0.4) is 0 Å². The predicted molar refractivity (Wildman–Crippen MR) is 70.2 cm³/mol. The van der Waals surface area contributed by atoms with E-state index >= 15 is 0 Å². The summed E-state index contributed by atoms with van der Waals surface area (Å²) in [5, 5.41) is 0. The van der Waals surface area contributed by atoms with Crippen LogP contribution in [0.5, 0.6) is 0 Å². The largest absolute Gasteiger partial charge is 0.383 e. The lowest BCUT2D eigenvalue weighted by molar-refractivity contribution is 0.161. The van der Waals surface area contributed by atoms with Crippen LogP contribution >= 0.6 is 0 Å². The van der Waals surface area contributed by atoms with E-state index in [1.165, 1.54) is 51.4 Å². The molecule has 0 aliphatic carbocycles. The van der Waals surface area contributed by atoms with Crippen LogP contribution in [0.1, 0.15) is 64.7 Å². The summed E-state index contributed by atoms with van der Waals surface area (Å²) in [5.41, 5.74) is 2.80. The molecule has 1 atom stereocenters. The van der Waals surface area contributed by atoms with Gasteiger partial charge in [-0.3, -0.25) is 11.3 Å². The zero-order chi connectivity index (χ0) is 12.1. The first kappa shape index (κ1) is 15.9.